The van der Waals surface area contributed by atoms with Crippen LogP contribution in [0.1, 0.15) is 45.1 Å². The average Bonchev–Trinajstić information content (AvgIpc) is 2.48. The zero-order valence-electron chi connectivity index (χ0n) is 12.9. The molecule has 0 saturated heterocycles. The third kappa shape index (κ3) is 4.30. The first-order valence-electron chi connectivity index (χ1n) is 7.45. The molecule has 0 amide bonds. The normalized spacial score (nSPS) is 21.9. The number of hydrogen-bond donors (Lipinski definition) is 2. The van der Waals surface area contributed by atoms with Gasteiger partial charge in [0.05, 0.1) is 12.3 Å². The maximum Gasteiger partial charge on any atom is 0.224 e. The molecule has 1 fully saturated rings. The van der Waals surface area contributed by atoms with Crippen molar-refractivity contribution in [1.82, 2.24) is 9.97 Å². The minimum atomic E-state index is 0.219. The topological polar surface area (TPSA) is 82.9 Å². The highest BCUT2D eigenvalue weighted by molar-refractivity contribution is 5.53. The van der Waals surface area contributed by atoms with Gasteiger partial charge in [-0.1, -0.05) is 0 Å². The SMILES string of the molecule is CO[C@H]1CC[C@H](Nc2ncc(C#N)c(NC(C)C)n2)CC1. The fourth-order valence-electron chi connectivity index (χ4n) is 2.54. The van der Waals surface area contributed by atoms with E-state index in [0.717, 1.165) is 25.7 Å². The quantitative estimate of drug-likeness (QED) is 0.866. The van der Waals surface area contributed by atoms with E-state index in [9.17, 15) is 0 Å². The highest BCUT2D eigenvalue weighted by Gasteiger charge is 2.21. The van der Waals surface area contributed by atoms with Gasteiger partial charge in [0.15, 0.2) is 0 Å². The van der Waals surface area contributed by atoms with E-state index in [0.29, 0.717) is 29.5 Å². The predicted octanol–water partition coefficient (Wildman–Crippen LogP) is 2.54. The molecule has 0 unspecified atom stereocenters. The Labute approximate surface area is 125 Å². The first kappa shape index (κ1) is 15.5. The number of hydrogen-bond acceptors (Lipinski definition) is 6. The minimum absolute atomic E-state index is 0.219. The van der Waals surface area contributed by atoms with E-state index in [1.54, 1.807) is 13.3 Å². The molecule has 6 heteroatoms. The summed E-state index contributed by atoms with van der Waals surface area (Å²) in [6.45, 7) is 4.03. The number of nitrogens with zero attached hydrogens (tertiary/aromatic N) is 3. The molecule has 114 valence electrons. The number of aromatic nitrogens is 2. The third-order valence-electron chi connectivity index (χ3n) is 3.68. The van der Waals surface area contributed by atoms with Crippen LogP contribution >= 0.6 is 0 Å². The number of ether oxygens (including phenoxy) is 1. The molecule has 1 aromatic heterocycles. The number of nitrogens with one attached hydrogen (secondary N) is 2. The van der Waals surface area contributed by atoms with E-state index in [2.05, 4.69) is 26.7 Å². The number of rotatable bonds is 5. The standard InChI is InChI=1S/C15H23N5O/c1-10(2)18-14-11(8-16)9-17-15(20-14)19-12-4-6-13(21-3)7-5-12/h9-10,12-13H,4-7H2,1-3H3,(H2,17,18,19,20)/t12-,13-. The molecule has 1 heterocycles. The van der Waals surface area contributed by atoms with Crippen LogP contribution in [0.2, 0.25) is 0 Å². The smallest absolute Gasteiger partial charge is 0.224 e. The van der Waals surface area contributed by atoms with Crippen molar-refractivity contribution in [3.05, 3.63) is 11.8 Å². The van der Waals surface area contributed by atoms with Crippen molar-refractivity contribution in [2.24, 2.45) is 0 Å². The molecule has 0 atom stereocenters. The largest absolute Gasteiger partial charge is 0.381 e. The van der Waals surface area contributed by atoms with Crippen molar-refractivity contribution in [1.29, 1.82) is 5.26 Å². The lowest BCUT2D eigenvalue weighted by molar-refractivity contribution is 0.0681. The van der Waals surface area contributed by atoms with Crippen LogP contribution in [-0.4, -0.2) is 35.3 Å². The second-order valence-electron chi connectivity index (χ2n) is 5.72. The monoisotopic (exact) mass is 289 g/mol. The van der Waals surface area contributed by atoms with Crippen molar-refractivity contribution in [2.75, 3.05) is 17.7 Å². The molecule has 1 aromatic rings. The van der Waals surface area contributed by atoms with Gasteiger partial charge in [0.2, 0.25) is 5.95 Å². The van der Waals surface area contributed by atoms with Crippen LogP contribution < -0.4 is 10.6 Å². The van der Waals surface area contributed by atoms with Gasteiger partial charge in [-0.2, -0.15) is 10.2 Å². The molecular formula is C15H23N5O. The highest BCUT2D eigenvalue weighted by atomic mass is 16.5. The number of anilines is 2. The zero-order valence-corrected chi connectivity index (χ0v) is 12.9. The van der Waals surface area contributed by atoms with Crippen LogP contribution in [0.4, 0.5) is 11.8 Å². The number of methoxy groups -OCH3 is 1. The molecule has 1 aliphatic rings. The Morgan fingerprint density at radius 3 is 2.62 bits per heavy atom. The Balaban J connectivity index is 2.02. The van der Waals surface area contributed by atoms with E-state index in [4.69, 9.17) is 10.00 Å². The van der Waals surface area contributed by atoms with Crippen LogP contribution in [-0.2, 0) is 4.74 Å². The summed E-state index contributed by atoms with van der Waals surface area (Å²) in [6.07, 6.45) is 6.16. The molecule has 0 aromatic carbocycles. The predicted molar refractivity (Wildman–Crippen MR) is 82.2 cm³/mol. The van der Waals surface area contributed by atoms with Gasteiger partial charge < -0.3 is 15.4 Å². The Morgan fingerprint density at radius 2 is 2.05 bits per heavy atom. The highest BCUT2D eigenvalue weighted by Crippen LogP contribution is 2.23. The molecule has 21 heavy (non-hydrogen) atoms. The summed E-state index contributed by atoms with van der Waals surface area (Å²) in [6, 6.07) is 2.70. The van der Waals surface area contributed by atoms with E-state index in [1.807, 2.05) is 13.8 Å². The van der Waals surface area contributed by atoms with Crippen molar-refractivity contribution < 1.29 is 4.74 Å². The van der Waals surface area contributed by atoms with Crippen molar-refractivity contribution >= 4 is 11.8 Å². The van der Waals surface area contributed by atoms with Gasteiger partial charge in [-0.3, -0.25) is 0 Å². The zero-order chi connectivity index (χ0) is 15.2. The minimum Gasteiger partial charge on any atom is -0.381 e. The molecule has 2 rings (SSSR count). The van der Waals surface area contributed by atoms with E-state index < -0.39 is 0 Å². The van der Waals surface area contributed by atoms with Crippen LogP contribution in [0.5, 0.6) is 0 Å². The maximum absolute atomic E-state index is 9.10. The van der Waals surface area contributed by atoms with Crippen LogP contribution in [0.25, 0.3) is 0 Å². The van der Waals surface area contributed by atoms with E-state index in [-0.39, 0.29) is 6.04 Å². The van der Waals surface area contributed by atoms with Gasteiger partial charge in [-0.05, 0) is 39.5 Å². The maximum atomic E-state index is 9.10. The fourth-order valence-corrected chi connectivity index (χ4v) is 2.54. The average molecular weight is 289 g/mol. The molecule has 0 radical (unpaired) electrons. The number of nitriles is 1. The summed E-state index contributed by atoms with van der Waals surface area (Å²) in [5, 5.41) is 15.6. The van der Waals surface area contributed by atoms with Crippen molar-refractivity contribution in [3.8, 4) is 6.07 Å². The second kappa shape index (κ2) is 7.23. The molecule has 0 aliphatic heterocycles. The van der Waals surface area contributed by atoms with Crippen molar-refractivity contribution in [2.45, 2.75) is 57.7 Å². The molecule has 1 aliphatic carbocycles. The first-order chi connectivity index (χ1) is 10.1. The fraction of sp³-hybridized carbons (Fsp3) is 0.667. The Kier molecular flexibility index (Phi) is 5.34. The van der Waals surface area contributed by atoms with Gasteiger partial charge in [0.25, 0.3) is 0 Å². The van der Waals surface area contributed by atoms with Gasteiger partial charge in [-0.15, -0.1) is 0 Å². The van der Waals surface area contributed by atoms with Gasteiger partial charge in [-0.25, -0.2) is 4.98 Å². The van der Waals surface area contributed by atoms with Crippen molar-refractivity contribution in [3.63, 3.8) is 0 Å². The molecule has 1 saturated carbocycles. The molecule has 0 spiro atoms. The van der Waals surface area contributed by atoms with Gasteiger partial charge in [0, 0.05) is 19.2 Å². The van der Waals surface area contributed by atoms with Crippen LogP contribution in [0.3, 0.4) is 0 Å². The van der Waals surface area contributed by atoms with Crippen LogP contribution in [0.15, 0.2) is 6.20 Å². The summed E-state index contributed by atoms with van der Waals surface area (Å²) < 4.78 is 5.38. The van der Waals surface area contributed by atoms with Gasteiger partial charge in [0.1, 0.15) is 17.5 Å². The third-order valence-corrected chi connectivity index (χ3v) is 3.68. The summed E-state index contributed by atoms with van der Waals surface area (Å²) in [7, 11) is 1.77. The summed E-state index contributed by atoms with van der Waals surface area (Å²) in [4.78, 5) is 8.66. The summed E-state index contributed by atoms with van der Waals surface area (Å²) in [5.41, 5.74) is 0.470. The van der Waals surface area contributed by atoms with E-state index >= 15 is 0 Å². The molecule has 0 bridgehead atoms. The lowest BCUT2D eigenvalue weighted by atomic mass is 9.93. The lowest BCUT2D eigenvalue weighted by Gasteiger charge is -2.28. The molecular weight excluding hydrogens is 266 g/mol. The molecule has 2 N–H and O–H groups in total. The molecule has 6 nitrogen and oxygen atoms in total. The Morgan fingerprint density at radius 1 is 1.33 bits per heavy atom. The first-order valence-corrected chi connectivity index (χ1v) is 7.45. The summed E-state index contributed by atoms with van der Waals surface area (Å²) >= 11 is 0. The van der Waals surface area contributed by atoms with Gasteiger partial charge >= 0.3 is 0 Å². The van der Waals surface area contributed by atoms with Crippen LogP contribution in [0, 0.1) is 11.3 Å². The lowest BCUT2D eigenvalue weighted by Crippen LogP contribution is -2.30. The Hall–Kier alpha value is -1.87. The van der Waals surface area contributed by atoms with E-state index in [1.165, 1.54) is 0 Å². The second-order valence-corrected chi connectivity index (χ2v) is 5.72. The summed E-state index contributed by atoms with van der Waals surface area (Å²) in [5.74, 6) is 1.17. The Bertz CT molecular complexity index is 503.